The van der Waals surface area contributed by atoms with Gasteiger partial charge in [-0.25, -0.2) is 4.79 Å². The van der Waals surface area contributed by atoms with Crippen LogP contribution in [0.3, 0.4) is 0 Å². The number of rotatable bonds is 4. The maximum atomic E-state index is 11.0. The summed E-state index contributed by atoms with van der Waals surface area (Å²) in [5, 5.41) is 10.2. The fourth-order valence-electron chi connectivity index (χ4n) is 2.63. The zero-order valence-corrected chi connectivity index (χ0v) is 10.8. The highest BCUT2D eigenvalue weighted by molar-refractivity contribution is 5.84. The second-order valence-electron chi connectivity index (χ2n) is 5.10. The smallest absolute Gasteiger partial charge is 0.331 e. The van der Waals surface area contributed by atoms with Crippen LogP contribution in [0.15, 0.2) is 42.5 Å². The topological polar surface area (TPSA) is 49.5 Å². The van der Waals surface area contributed by atoms with Crippen molar-refractivity contribution in [2.75, 3.05) is 6.54 Å². The normalized spacial score (nSPS) is 31.9. The molecule has 0 amide bonds. The van der Waals surface area contributed by atoms with Crippen LogP contribution < -0.4 is 0 Å². The number of carbonyl (C=O) groups excluding carboxylic acids is 1. The Labute approximate surface area is 112 Å². The molecule has 1 unspecified atom stereocenters. The molecule has 0 saturated carbocycles. The second kappa shape index (κ2) is 4.79. The number of esters is 1. The van der Waals surface area contributed by atoms with Gasteiger partial charge in [-0.2, -0.15) is 0 Å². The summed E-state index contributed by atoms with van der Waals surface area (Å²) in [6.07, 6.45) is 1.87. The molecule has 2 heterocycles. The minimum atomic E-state index is -0.645. The third kappa shape index (κ3) is 2.41. The molecule has 0 bridgehead atoms. The molecule has 4 heteroatoms. The lowest BCUT2D eigenvalue weighted by Crippen LogP contribution is -2.33. The first-order valence-corrected chi connectivity index (χ1v) is 6.54. The van der Waals surface area contributed by atoms with Crippen LogP contribution in [0.1, 0.15) is 18.5 Å². The predicted molar refractivity (Wildman–Crippen MR) is 70.4 cm³/mol. The van der Waals surface area contributed by atoms with Crippen molar-refractivity contribution in [2.45, 2.75) is 31.2 Å². The van der Waals surface area contributed by atoms with E-state index in [2.05, 4.69) is 24.0 Å². The third-order valence-corrected chi connectivity index (χ3v) is 3.87. The molecule has 0 aromatic heterocycles. The van der Waals surface area contributed by atoms with Gasteiger partial charge in [-0.3, -0.25) is 4.90 Å². The second-order valence-corrected chi connectivity index (χ2v) is 5.10. The van der Waals surface area contributed by atoms with Gasteiger partial charge in [0, 0.05) is 18.7 Å². The summed E-state index contributed by atoms with van der Waals surface area (Å²) in [4.78, 5) is 13.2. The molecule has 1 saturated heterocycles. The third-order valence-electron chi connectivity index (χ3n) is 3.87. The molecule has 100 valence electrons. The van der Waals surface area contributed by atoms with Gasteiger partial charge in [-0.15, -0.1) is 0 Å². The number of carbonyl (C=O) groups is 1. The lowest BCUT2D eigenvalue weighted by Gasteiger charge is -2.19. The summed E-state index contributed by atoms with van der Waals surface area (Å²) in [5.74, 6) is -0.368. The van der Waals surface area contributed by atoms with Crippen molar-refractivity contribution in [1.82, 2.24) is 4.90 Å². The van der Waals surface area contributed by atoms with Crippen LogP contribution in [-0.2, 0) is 9.53 Å². The van der Waals surface area contributed by atoms with Gasteiger partial charge in [0.05, 0.1) is 6.04 Å². The van der Waals surface area contributed by atoms with E-state index in [1.807, 2.05) is 18.2 Å². The Morgan fingerprint density at radius 2 is 2.11 bits per heavy atom. The Balaban J connectivity index is 1.62. The first kappa shape index (κ1) is 12.4. The standard InChI is InChI=1S/C15H17NO3/c1-10(11-5-3-2-4-6-11)16-9-12(16)15(18)13-7-8-14(17)19-13/h2-8,10,12-13,15,18H,9H2,1H3/t10-,12+,13+,15-,16?/m1/s1. The van der Waals surface area contributed by atoms with E-state index in [9.17, 15) is 9.90 Å². The van der Waals surface area contributed by atoms with Crippen LogP contribution in [0.5, 0.6) is 0 Å². The molecule has 19 heavy (non-hydrogen) atoms. The molecule has 3 rings (SSSR count). The largest absolute Gasteiger partial charge is 0.452 e. The highest BCUT2D eigenvalue weighted by atomic mass is 16.6. The molecule has 0 spiro atoms. The summed E-state index contributed by atoms with van der Waals surface area (Å²) >= 11 is 0. The van der Waals surface area contributed by atoms with E-state index in [1.165, 1.54) is 11.6 Å². The lowest BCUT2D eigenvalue weighted by molar-refractivity contribution is -0.142. The number of nitrogens with zero attached hydrogens (tertiary/aromatic N) is 1. The SMILES string of the molecule is C[C@H](c1ccccc1)N1C[C@H]1[C@@H](O)[C@@H]1C=CC(=O)O1. The summed E-state index contributed by atoms with van der Waals surface area (Å²) in [6, 6.07) is 10.5. The Bertz CT molecular complexity index is 499. The van der Waals surface area contributed by atoms with Crippen LogP contribution in [0, 0.1) is 0 Å². The molecule has 1 aromatic carbocycles. The first-order chi connectivity index (χ1) is 9.16. The molecule has 1 fully saturated rings. The van der Waals surface area contributed by atoms with E-state index in [0.29, 0.717) is 0 Å². The van der Waals surface area contributed by atoms with Crippen LogP contribution in [-0.4, -0.2) is 40.8 Å². The molecule has 0 aliphatic carbocycles. The first-order valence-electron chi connectivity index (χ1n) is 6.54. The fraction of sp³-hybridized carbons (Fsp3) is 0.400. The molecule has 2 aliphatic heterocycles. The number of aliphatic hydroxyl groups excluding tert-OH is 1. The van der Waals surface area contributed by atoms with Gasteiger partial charge in [-0.1, -0.05) is 30.3 Å². The monoisotopic (exact) mass is 259 g/mol. The van der Waals surface area contributed by atoms with Crippen molar-refractivity contribution in [2.24, 2.45) is 0 Å². The summed E-state index contributed by atoms with van der Waals surface area (Å²) in [6.45, 7) is 2.96. The number of cyclic esters (lactones) is 1. The maximum absolute atomic E-state index is 11.0. The van der Waals surface area contributed by atoms with Gasteiger partial charge in [0.15, 0.2) is 0 Å². The molecule has 5 atom stereocenters. The average molecular weight is 259 g/mol. The van der Waals surface area contributed by atoms with Crippen molar-refractivity contribution < 1.29 is 14.6 Å². The van der Waals surface area contributed by atoms with Crippen molar-refractivity contribution in [1.29, 1.82) is 0 Å². The van der Waals surface area contributed by atoms with E-state index in [-0.39, 0.29) is 18.1 Å². The van der Waals surface area contributed by atoms with Gasteiger partial charge >= 0.3 is 5.97 Å². The highest BCUT2D eigenvalue weighted by Crippen LogP contribution is 2.35. The quantitative estimate of drug-likeness (QED) is 0.653. The Morgan fingerprint density at radius 1 is 1.37 bits per heavy atom. The Hall–Kier alpha value is -1.65. The van der Waals surface area contributed by atoms with Gasteiger partial charge in [-0.05, 0) is 18.6 Å². The lowest BCUT2D eigenvalue weighted by atomic mass is 10.1. The molecule has 2 aliphatic rings. The zero-order chi connectivity index (χ0) is 13.4. The predicted octanol–water partition coefficient (Wildman–Crippen LogP) is 1.27. The summed E-state index contributed by atoms with van der Waals surface area (Å²) in [7, 11) is 0. The number of benzene rings is 1. The Morgan fingerprint density at radius 3 is 2.74 bits per heavy atom. The summed E-state index contributed by atoms with van der Waals surface area (Å²) in [5.41, 5.74) is 1.23. The molecule has 0 radical (unpaired) electrons. The van der Waals surface area contributed by atoms with E-state index in [4.69, 9.17) is 4.74 Å². The van der Waals surface area contributed by atoms with Crippen LogP contribution in [0.25, 0.3) is 0 Å². The minimum Gasteiger partial charge on any atom is -0.452 e. The van der Waals surface area contributed by atoms with Crippen molar-refractivity contribution in [3.8, 4) is 0 Å². The molecule has 4 nitrogen and oxygen atoms in total. The van der Waals surface area contributed by atoms with E-state index < -0.39 is 12.2 Å². The van der Waals surface area contributed by atoms with E-state index >= 15 is 0 Å². The van der Waals surface area contributed by atoms with Gasteiger partial charge < -0.3 is 9.84 Å². The molecule has 1 N–H and O–H groups in total. The van der Waals surface area contributed by atoms with Crippen molar-refractivity contribution in [3.05, 3.63) is 48.0 Å². The fourth-order valence-corrected chi connectivity index (χ4v) is 2.63. The van der Waals surface area contributed by atoms with Gasteiger partial charge in [0.25, 0.3) is 0 Å². The Kier molecular flexibility index (Phi) is 3.12. The number of aliphatic hydroxyl groups is 1. The average Bonchev–Trinajstić information content (AvgIpc) is 3.13. The molecule has 1 aromatic rings. The van der Waals surface area contributed by atoms with Crippen LogP contribution >= 0.6 is 0 Å². The van der Waals surface area contributed by atoms with Gasteiger partial charge in [0.2, 0.25) is 0 Å². The van der Waals surface area contributed by atoms with Crippen LogP contribution in [0.4, 0.5) is 0 Å². The van der Waals surface area contributed by atoms with Gasteiger partial charge in [0.1, 0.15) is 12.2 Å². The van der Waals surface area contributed by atoms with E-state index in [1.54, 1.807) is 6.08 Å². The minimum absolute atomic E-state index is 0.0655. The summed E-state index contributed by atoms with van der Waals surface area (Å²) < 4.78 is 5.03. The van der Waals surface area contributed by atoms with Crippen molar-refractivity contribution >= 4 is 5.97 Å². The number of hydrogen-bond donors (Lipinski definition) is 1. The van der Waals surface area contributed by atoms with Crippen LogP contribution in [0.2, 0.25) is 0 Å². The zero-order valence-electron chi connectivity index (χ0n) is 10.8. The maximum Gasteiger partial charge on any atom is 0.331 e. The molecular weight excluding hydrogens is 242 g/mol. The number of hydrogen-bond acceptors (Lipinski definition) is 4. The molecular formula is C15H17NO3. The highest BCUT2D eigenvalue weighted by Gasteiger charge is 2.47. The van der Waals surface area contributed by atoms with Crippen molar-refractivity contribution in [3.63, 3.8) is 0 Å². The van der Waals surface area contributed by atoms with E-state index in [0.717, 1.165) is 6.54 Å². The number of ether oxygens (including phenoxy) is 1.